The molecule has 5 heteroatoms. The summed E-state index contributed by atoms with van der Waals surface area (Å²) in [5, 5.41) is 7.77. The number of carbonyl (C=O) groups excluding carboxylic acids is 1. The Labute approximate surface area is 114 Å². The summed E-state index contributed by atoms with van der Waals surface area (Å²) in [7, 11) is 1.76. The molecule has 0 aliphatic carbocycles. The maximum absolute atomic E-state index is 12.1. The van der Waals surface area contributed by atoms with Crippen molar-refractivity contribution < 1.29 is 4.79 Å². The number of nitrogens with zero attached hydrogens (tertiary/aromatic N) is 2. The molecule has 0 bridgehead atoms. The van der Waals surface area contributed by atoms with Crippen LogP contribution in [-0.4, -0.2) is 15.7 Å². The lowest BCUT2D eigenvalue weighted by Crippen LogP contribution is -2.16. The number of carbonyl (C=O) groups is 1. The first-order valence-electron chi connectivity index (χ1n) is 5.57. The topological polar surface area (TPSA) is 46.9 Å². The van der Waals surface area contributed by atoms with Gasteiger partial charge in [0.25, 0.3) is 5.91 Å². The molecule has 0 fully saturated rings. The number of alkyl halides is 1. The van der Waals surface area contributed by atoms with Crippen molar-refractivity contribution in [2.75, 3.05) is 5.32 Å². The molecule has 4 nitrogen and oxygen atoms in total. The Kier molecular flexibility index (Phi) is 3.81. The number of para-hydroxylation sites is 1. The standard InChI is InChI=1S/C13H14BrN3O/c1-9-7-12(17(2)16-9)13(18)15-11-6-4-3-5-10(11)8-14/h3-7H,8H2,1-2H3,(H,15,18). The molecule has 2 rings (SSSR count). The molecule has 0 radical (unpaired) electrons. The van der Waals surface area contributed by atoms with Crippen LogP contribution >= 0.6 is 15.9 Å². The van der Waals surface area contributed by atoms with E-state index in [1.165, 1.54) is 0 Å². The molecule has 1 heterocycles. The third-order valence-corrected chi connectivity index (χ3v) is 3.25. The molecule has 0 aliphatic rings. The minimum atomic E-state index is -0.147. The van der Waals surface area contributed by atoms with Gasteiger partial charge in [0, 0.05) is 18.1 Å². The van der Waals surface area contributed by atoms with Crippen molar-refractivity contribution in [1.29, 1.82) is 0 Å². The summed E-state index contributed by atoms with van der Waals surface area (Å²) in [6.07, 6.45) is 0. The van der Waals surface area contributed by atoms with Gasteiger partial charge in [-0.05, 0) is 24.6 Å². The summed E-state index contributed by atoms with van der Waals surface area (Å²) in [6, 6.07) is 9.47. The van der Waals surface area contributed by atoms with E-state index in [-0.39, 0.29) is 5.91 Å². The lowest BCUT2D eigenvalue weighted by molar-refractivity contribution is 0.101. The van der Waals surface area contributed by atoms with Crippen LogP contribution in [0.25, 0.3) is 0 Å². The van der Waals surface area contributed by atoms with Crippen molar-refractivity contribution in [2.45, 2.75) is 12.3 Å². The van der Waals surface area contributed by atoms with Crippen molar-refractivity contribution in [3.63, 3.8) is 0 Å². The molecule has 0 atom stereocenters. The van der Waals surface area contributed by atoms with Crippen molar-refractivity contribution in [1.82, 2.24) is 9.78 Å². The van der Waals surface area contributed by atoms with Crippen LogP contribution in [-0.2, 0) is 12.4 Å². The van der Waals surface area contributed by atoms with Crippen LogP contribution in [0.5, 0.6) is 0 Å². The van der Waals surface area contributed by atoms with Crippen molar-refractivity contribution in [2.24, 2.45) is 7.05 Å². The fourth-order valence-electron chi connectivity index (χ4n) is 1.77. The van der Waals surface area contributed by atoms with Crippen LogP contribution in [0.3, 0.4) is 0 Å². The van der Waals surface area contributed by atoms with E-state index in [9.17, 15) is 4.79 Å². The van der Waals surface area contributed by atoms with E-state index in [2.05, 4.69) is 26.3 Å². The Hall–Kier alpha value is -1.62. The maximum Gasteiger partial charge on any atom is 0.273 e. The molecule has 1 aromatic carbocycles. The van der Waals surface area contributed by atoms with Crippen molar-refractivity contribution >= 4 is 27.5 Å². The number of aromatic nitrogens is 2. The van der Waals surface area contributed by atoms with E-state index in [1.54, 1.807) is 17.8 Å². The van der Waals surface area contributed by atoms with Gasteiger partial charge in [0.2, 0.25) is 0 Å². The SMILES string of the molecule is Cc1cc(C(=O)Nc2ccccc2CBr)n(C)n1. The summed E-state index contributed by atoms with van der Waals surface area (Å²) in [6.45, 7) is 1.86. The number of halogens is 1. The number of anilines is 1. The first-order valence-corrected chi connectivity index (χ1v) is 6.70. The predicted molar refractivity (Wildman–Crippen MR) is 75.0 cm³/mol. The Morgan fingerprint density at radius 2 is 2.17 bits per heavy atom. The zero-order valence-corrected chi connectivity index (χ0v) is 11.9. The molecule has 1 N–H and O–H groups in total. The summed E-state index contributed by atoms with van der Waals surface area (Å²) in [5.74, 6) is -0.147. The van der Waals surface area contributed by atoms with Crippen LogP contribution in [0.15, 0.2) is 30.3 Å². The van der Waals surface area contributed by atoms with Gasteiger partial charge in [-0.1, -0.05) is 34.1 Å². The number of hydrogen-bond donors (Lipinski definition) is 1. The van der Waals surface area contributed by atoms with E-state index in [0.717, 1.165) is 16.9 Å². The summed E-state index contributed by atoms with van der Waals surface area (Å²) < 4.78 is 1.58. The molecule has 1 aromatic heterocycles. The largest absolute Gasteiger partial charge is 0.320 e. The minimum Gasteiger partial charge on any atom is -0.320 e. The highest BCUT2D eigenvalue weighted by Gasteiger charge is 2.13. The zero-order valence-electron chi connectivity index (χ0n) is 10.3. The fourth-order valence-corrected chi connectivity index (χ4v) is 2.26. The zero-order chi connectivity index (χ0) is 13.1. The van der Waals surface area contributed by atoms with Gasteiger partial charge in [-0.2, -0.15) is 5.10 Å². The molecule has 0 saturated heterocycles. The van der Waals surface area contributed by atoms with Gasteiger partial charge in [0.05, 0.1) is 5.69 Å². The normalized spacial score (nSPS) is 10.4. The highest BCUT2D eigenvalue weighted by Crippen LogP contribution is 2.18. The lowest BCUT2D eigenvalue weighted by atomic mass is 10.2. The van der Waals surface area contributed by atoms with Gasteiger partial charge in [-0.25, -0.2) is 0 Å². The molecule has 2 aromatic rings. The quantitative estimate of drug-likeness (QED) is 0.886. The predicted octanol–water partition coefficient (Wildman–Crippen LogP) is 2.88. The molecule has 18 heavy (non-hydrogen) atoms. The Morgan fingerprint density at radius 1 is 1.44 bits per heavy atom. The van der Waals surface area contributed by atoms with Crippen molar-refractivity contribution in [3.8, 4) is 0 Å². The van der Waals surface area contributed by atoms with Crippen LogP contribution in [0, 0.1) is 6.92 Å². The first kappa shape index (κ1) is 12.8. The number of hydrogen-bond acceptors (Lipinski definition) is 2. The minimum absolute atomic E-state index is 0.147. The molecule has 0 saturated carbocycles. The molecule has 0 spiro atoms. The first-order chi connectivity index (χ1) is 8.61. The van der Waals surface area contributed by atoms with E-state index < -0.39 is 0 Å². The van der Waals surface area contributed by atoms with Gasteiger partial charge in [0.15, 0.2) is 0 Å². The third-order valence-electron chi connectivity index (χ3n) is 2.64. The molecule has 0 unspecified atom stereocenters. The Morgan fingerprint density at radius 3 is 2.78 bits per heavy atom. The van der Waals surface area contributed by atoms with Gasteiger partial charge in [-0.15, -0.1) is 0 Å². The van der Waals surface area contributed by atoms with Crippen molar-refractivity contribution in [3.05, 3.63) is 47.3 Å². The van der Waals surface area contributed by atoms with Crippen LogP contribution in [0.2, 0.25) is 0 Å². The number of nitrogens with one attached hydrogen (secondary N) is 1. The number of rotatable bonds is 3. The van der Waals surface area contributed by atoms with E-state index in [0.29, 0.717) is 11.0 Å². The van der Waals surface area contributed by atoms with E-state index in [4.69, 9.17) is 0 Å². The number of aryl methyl sites for hydroxylation is 2. The second kappa shape index (κ2) is 5.35. The van der Waals surface area contributed by atoms with Crippen LogP contribution < -0.4 is 5.32 Å². The van der Waals surface area contributed by atoms with Crippen LogP contribution in [0.4, 0.5) is 5.69 Å². The molecule has 94 valence electrons. The second-order valence-electron chi connectivity index (χ2n) is 4.04. The summed E-state index contributed by atoms with van der Waals surface area (Å²) >= 11 is 3.40. The average molecular weight is 308 g/mol. The van der Waals surface area contributed by atoms with E-state index in [1.807, 2.05) is 31.2 Å². The van der Waals surface area contributed by atoms with E-state index >= 15 is 0 Å². The smallest absolute Gasteiger partial charge is 0.273 e. The highest BCUT2D eigenvalue weighted by atomic mass is 79.9. The molecule has 1 amide bonds. The highest BCUT2D eigenvalue weighted by molar-refractivity contribution is 9.08. The number of amides is 1. The monoisotopic (exact) mass is 307 g/mol. The average Bonchev–Trinajstić information content (AvgIpc) is 2.69. The fraction of sp³-hybridized carbons (Fsp3) is 0.231. The summed E-state index contributed by atoms with van der Waals surface area (Å²) in [5.41, 5.74) is 3.25. The van der Waals surface area contributed by atoms with Crippen LogP contribution in [0.1, 0.15) is 21.7 Å². The maximum atomic E-state index is 12.1. The molecular weight excluding hydrogens is 294 g/mol. The third kappa shape index (κ3) is 2.61. The van der Waals surface area contributed by atoms with Gasteiger partial charge in [0.1, 0.15) is 5.69 Å². The van der Waals surface area contributed by atoms with Gasteiger partial charge < -0.3 is 5.32 Å². The summed E-state index contributed by atoms with van der Waals surface area (Å²) in [4.78, 5) is 12.1. The van der Waals surface area contributed by atoms with Gasteiger partial charge >= 0.3 is 0 Å². The molecule has 0 aliphatic heterocycles. The molecular formula is C13H14BrN3O. The lowest BCUT2D eigenvalue weighted by Gasteiger charge is -2.09. The Bertz CT molecular complexity index is 577. The van der Waals surface area contributed by atoms with Gasteiger partial charge in [-0.3, -0.25) is 9.48 Å². The second-order valence-corrected chi connectivity index (χ2v) is 4.60. The number of benzene rings is 1. The Balaban J connectivity index is 2.24.